The van der Waals surface area contributed by atoms with Crippen molar-refractivity contribution < 1.29 is 27.5 Å². The summed E-state index contributed by atoms with van der Waals surface area (Å²) in [5.74, 6) is -0.556. The van der Waals surface area contributed by atoms with Crippen LogP contribution in [0.15, 0.2) is 78.1 Å². The van der Waals surface area contributed by atoms with Gasteiger partial charge in [0.25, 0.3) is 10.0 Å². The molecule has 228 valence electrons. The lowest BCUT2D eigenvalue weighted by Gasteiger charge is -2.27. The average Bonchev–Trinajstić information content (AvgIpc) is 3.74. The van der Waals surface area contributed by atoms with Crippen molar-refractivity contribution >= 4 is 38.6 Å². The molecule has 1 atom stereocenters. The molecule has 0 aliphatic carbocycles. The van der Waals surface area contributed by atoms with E-state index in [4.69, 9.17) is 9.47 Å². The maximum Gasteiger partial charge on any atom is 0.411 e. The Labute approximate surface area is 254 Å². The molecule has 1 amide bonds. The Balaban J connectivity index is 1.33. The summed E-state index contributed by atoms with van der Waals surface area (Å²) in [7, 11) is -4.07. The van der Waals surface area contributed by atoms with E-state index in [-0.39, 0.29) is 23.6 Å². The van der Waals surface area contributed by atoms with Gasteiger partial charge < -0.3 is 9.47 Å². The number of carbonyl (C=O) groups is 2. The highest BCUT2D eigenvalue weighted by Crippen LogP contribution is 2.34. The van der Waals surface area contributed by atoms with Crippen molar-refractivity contribution in [2.45, 2.75) is 56.6 Å². The zero-order valence-corrected chi connectivity index (χ0v) is 25.4. The smallest absolute Gasteiger partial charge is 0.411 e. The Morgan fingerprint density at radius 2 is 1.80 bits per heavy atom. The molecule has 0 N–H and O–H groups in total. The summed E-state index contributed by atoms with van der Waals surface area (Å²) in [6, 6.07) is 14.6. The number of aromatic nitrogens is 5. The molecule has 4 aromatic heterocycles. The highest BCUT2D eigenvalue weighted by Gasteiger charge is 2.37. The third-order valence-electron chi connectivity index (χ3n) is 7.36. The molecule has 5 aromatic rings. The van der Waals surface area contributed by atoms with Gasteiger partial charge in [0.1, 0.15) is 11.6 Å². The number of carbonyl (C=O) groups excluding carboxylic acids is 2. The standard InChI is InChI=1S/C31H32N6O6S/c1-31(2,3)43-30(39)35-17-8-12-27(35)29(38)42-18-14-21-19-24-23(25-20-34-37-26(25)11-7-15-33-37)13-16-32-28(24)36(21)44(40,41)22-9-5-4-6-10-22/h4-7,9-11,13,15-16,19-20,27H,8,12,14,17-18H2,1-3H3/t27-/m0/s1. The summed E-state index contributed by atoms with van der Waals surface area (Å²) in [5.41, 5.74) is 2.18. The van der Waals surface area contributed by atoms with E-state index in [9.17, 15) is 18.0 Å². The summed E-state index contributed by atoms with van der Waals surface area (Å²) < 4.78 is 41.8. The van der Waals surface area contributed by atoms with Crippen LogP contribution in [0.5, 0.6) is 0 Å². The Morgan fingerprint density at radius 1 is 1.00 bits per heavy atom. The molecule has 1 aliphatic rings. The molecule has 0 unspecified atom stereocenters. The minimum atomic E-state index is -4.07. The van der Waals surface area contributed by atoms with Crippen LogP contribution in [-0.2, 0) is 30.7 Å². The fourth-order valence-corrected chi connectivity index (χ4v) is 6.98. The first kappa shape index (κ1) is 29.3. The third kappa shape index (κ3) is 5.50. The first-order valence-electron chi connectivity index (χ1n) is 14.3. The number of ether oxygens (including phenoxy) is 2. The van der Waals surface area contributed by atoms with Crippen LogP contribution in [0.2, 0.25) is 0 Å². The van der Waals surface area contributed by atoms with Crippen molar-refractivity contribution in [3.8, 4) is 11.1 Å². The number of esters is 1. The molecule has 1 saturated heterocycles. The fraction of sp³-hybridized carbons (Fsp3) is 0.323. The summed E-state index contributed by atoms with van der Waals surface area (Å²) in [5, 5.41) is 9.17. The zero-order valence-electron chi connectivity index (χ0n) is 24.6. The van der Waals surface area contributed by atoms with Crippen LogP contribution in [0.1, 0.15) is 39.3 Å². The topological polar surface area (TPSA) is 138 Å². The normalized spacial score (nSPS) is 15.6. The Morgan fingerprint density at radius 3 is 2.57 bits per heavy atom. The Hall–Kier alpha value is -4.78. The van der Waals surface area contributed by atoms with Crippen LogP contribution in [0, 0.1) is 0 Å². The largest absolute Gasteiger partial charge is 0.464 e. The molecule has 44 heavy (non-hydrogen) atoms. The van der Waals surface area contributed by atoms with Gasteiger partial charge in [0.05, 0.1) is 23.2 Å². The van der Waals surface area contributed by atoms with E-state index in [0.29, 0.717) is 30.5 Å². The van der Waals surface area contributed by atoms with Gasteiger partial charge in [0, 0.05) is 42.0 Å². The van der Waals surface area contributed by atoms with Gasteiger partial charge >= 0.3 is 12.1 Å². The minimum absolute atomic E-state index is 0.0864. The molecule has 13 heteroatoms. The summed E-state index contributed by atoms with van der Waals surface area (Å²) >= 11 is 0. The van der Waals surface area contributed by atoms with Crippen molar-refractivity contribution in [3.63, 3.8) is 0 Å². The van der Waals surface area contributed by atoms with E-state index in [1.807, 2.05) is 6.07 Å². The molecular weight excluding hydrogens is 584 g/mol. The van der Waals surface area contributed by atoms with Crippen LogP contribution in [0.25, 0.3) is 27.7 Å². The number of nitrogens with zero attached hydrogens (tertiary/aromatic N) is 6. The average molecular weight is 617 g/mol. The van der Waals surface area contributed by atoms with Gasteiger partial charge in [-0.1, -0.05) is 18.2 Å². The second-order valence-corrected chi connectivity index (χ2v) is 13.3. The second-order valence-electron chi connectivity index (χ2n) is 11.5. The molecule has 0 saturated carbocycles. The zero-order chi connectivity index (χ0) is 31.1. The van der Waals surface area contributed by atoms with Crippen LogP contribution in [0.3, 0.4) is 0 Å². The minimum Gasteiger partial charge on any atom is -0.464 e. The monoisotopic (exact) mass is 616 g/mol. The molecule has 1 aliphatic heterocycles. The molecule has 6 rings (SSSR count). The van der Waals surface area contributed by atoms with E-state index in [0.717, 1.165) is 16.6 Å². The quantitative estimate of drug-likeness (QED) is 0.243. The second kappa shape index (κ2) is 11.4. The fourth-order valence-electron chi connectivity index (χ4n) is 5.45. The number of hydrogen-bond donors (Lipinski definition) is 0. The highest BCUT2D eigenvalue weighted by atomic mass is 32.2. The van der Waals surface area contributed by atoms with Crippen LogP contribution in [0.4, 0.5) is 4.79 Å². The molecule has 0 spiro atoms. The molecule has 0 radical (unpaired) electrons. The lowest BCUT2D eigenvalue weighted by Crippen LogP contribution is -2.44. The van der Waals surface area contributed by atoms with Gasteiger partial charge in [-0.25, -0.2) is 27.0 Å². The Kier molecular flexibility index (Phi) is 7.58. The SMILES string of the molecule is CC(C)(C)OC(=O)N1CCC[C@H]1C(=O)OCCc1cc2c(-c3cnn4ncccc34)ccnc2n1S(=O)(=O)c1ccccc1. The van der Waals surface area contributed by atoms with Crippen molar-refractivity contribution in [1.29, 1.82) is 0 Å². The van der Waals surface area contributed by atoms with E-state index >= 15 is 0 Å². The predicted octanol–water partition coefficient (Wildman–Crippen LogP) is 4.47. The molecule has 1 fully saturated rings. The van der Waals surface area contributed by atoms with Gasteiger partial charge in [-0.15, -0.1) is 0 Å². The number of hydrogen-bond acceptors (Lipinski definition) is 9. The van der Waals surface area contributed by atoms with Gasteiger partial charge in [-0.3, -0.25) is 4.90 Å². The molecule has 0 bridgehead atoms. The van der Waals surface area contributed by atoms with Crippen LogP contribution in [-0.4, -0.2) is 74.0 Å². The van der Waals surface area contributed by atoms with E-state index in [1.165, 1.54) is 25.6 Å². The van der Waals surface area contributed by atoms with Gasteiger partial charge in [-0.05, 0) is 75.6 Å². The number of likely N-dealkylation sites (tertiary alicyclic amines) is 1. The van der Waals surface area contributed by atoms with Crippen molar-refractivity contribution in [3.05, 3.63) is 78.9 Å². The summed E-state index contributed by atoms with van der Waals surface area (Å²) in [6.45, 7) is 5.59. The first-order valence-corrected chi connectivity index (χ1v) is 15.7. The number of pyridine rings is 1. The van der Waals surface area contributed by atoms with E-state index < -0.39 is 33.7 Å². The molecule has 5 heterocycles. The number of rotatable bonds is 7. The van der Waals surface area contributed by atoms with E-state index in [1.54, 1.807) is 75.8 Å². The highest BCUT2D eigenvalue weighted by molar-refractivity contribution is 7.90. The summed E-state index contributed by atoms with van der Waals surface area (Å²) in [4.78, 5) is 31.8. The van der Waals surface area contributed by atoms with Gasteiger partial charge in [0.15, 0.2) is 5.65 Å². The van der Waals surface area contributed by atoms with Crippen molar-refractivity contribution in [2.75, 3.05) is 13.2 Å². The third-order valence-corrected chi connectivity index (χ3v) is 9.12. The summed E-state index contributed by atoms with van der Waals surface area (Å²) in [6.07, 6.45) is 5.50. The molecule has 1 aromatic carbocycles. The van der Waals surface area contributed by atoms with Crippen molar-refractivity contribution in [2.24, 2.45) is 0 Å². The maximum absolute atomic E-state index is 14.0. The number of fused-ring (bicyclic) bond motifs is 2. The maximum atomic E-state index is 14.0. The van der Waals surface area contributed by atoms with Crippen LogP contribution >= 0.6 is 0 Å². The Bertz CT molecular complexity index is 1960. The lowest BCUT2D eigenvalue weighted by molar-refractivity contribution is -0.148. The first-order chi connectivity index (χ1) is 21.0. The molecular formula is C31H32N6O6S. The molecule has 12 nitrogen and oxygen atoms in total. The number of benzene rings is 1. The van der Waals surface area contributed by atoms with Gasteiger partial charge in [0.2, 0.25) is 0 Å². The lowest BCUT2D eigenvalue weighted by atomic mass is 10.1. The van der Waals surface area contributed by atoms with Gasteiger partial charge in [-0.2, -0.15) is 14.8 Å². The predicted molar refractivity (Wildman–Crippen MR) is 161 cm³/mol. The number of amides is 1. The van der Waals surface area contributed by atoms with E-state index in [2.05, 4.69) is 15.2 Å². The van der Waals surface area contributed by atoms with Crippen LogP contribution < -0.4 is 0 Å². The van der Waals surface area contributed by atoms with Crippen molar-refractivity contribution in [1.82, 2.24) is 28.7 Å².